The molecule has 4 nitrogen and oxygen atoms in total. The Hall–Kier alpha value is -1.00. The van der Waals surface area contributed by atoms with Crippen LogP contribution in [0.15, 0.2) is 12.1 Å². The molecule has 0 aliphatic carbocycles. The number of nitrogens with zero attached hydrogens (tertiary/aromatic N) is 1. The molecule has 1 aliphatic heterocycles. The highest BCUT2D eigenvalue weighted by Gasteiger charge is 2.27. The van der Waals surface area contributed by atoms with Crippen LogP contribution in [0.25, 0.3) is 0 Å². The minimum atomic E-state index is 0.261. The second kappa shape index (κ2) is 5.10. The molecule has 2 rings (SSSR count). The lowest BCUT2D eigenvalue weighted by atomic mass is 9.82. The maximum absolute atomic E-state index is 5.86. The number of hydrogen-bond donors (Lipinski definition) is 2. The molecule has 17 heavy (non-hydrogen) atoms. The first-order valence-electron chi connectivity index (χ1n) is 5.82. The van der Waals surface area contributed by atoms with Gasteiger partial charge in [0.1, 0.15) is 11.0 Å². The lowest BCUT2D eigenvalue weighted by molar-refractivity contribution is 0.0300. The average molecular weight is 256 g/mol. The van der Waals surface area contributed by atoms with Crippen molar-refractivity contribution < 1.29 is 4.74 Å². The van der Waals surface area contributed by atoms with E-state index in [4.69, 9.17) is 22.1 Å². The topological polar surface area (TPSA) is 60.2 Å². The van der Waals surface area contributed by atoms with Gasteiger partial charge in [0.15, 0.2) is 0 Å². The van der Waals surface area contributed by atoms with E-state index < -0.39 is 0 Å². The summed E-state index contributed by atoms with van der Waals surface area (Å²) in [4.78, 5) is 4.19. The molecule has 0 spiro atoms. The van der Waals surface area contributed by atoms with Crippen molar-refractivity contribution in [2.75, 3.05) is 30.8 Å². The van der Waals surface area contributed by atoms with Gasteiger partial charge in [0.05, 0.1) is 0 Å². The smallest absolute Gasteiger partial charge is 0.133 e. The van der Waals surface area contributed by atoms with E-state index in [-0.39, 0.29) is 5.41 Å². The van der Waals surface area contributed by atoms with E-state index in [2.05, 4.69) is 17.2 Å². The van der Waals surface area contributed by atoms with Crippen molar-refractivity contribution >= 4 is 23.1 Å². The van der Waals surface area contributed by atoms with Crippen LogP contribution in [-0.2, 0) is 4.74 Å². The Kier molecular flexibility index (Phi) is 3.74. The fourth-order valence-corrected chi connectivity index (χ4v) is 2.17. The number of anilines is 2. The number of nitrogen functional groups attached to an aromatic ring is 1. The quantitative estimate of drug-likeness (QED) is 0.815. The first kappa shape index (κ1) is 12.5. The molecule has 0 bridgehead atoms. The summed E-state index contributed by atoms with van der Waals surface area (Å²) in [6.07, 6.45) is 2.13. The van der Waals surface area contributed by atoms with Gasteiger partial charge < -0.3 is 15.8 Å². The van der Waals surface area contributed by atoms with Crippen LogP contribution in [0.4, 0.5) is 11.5 Å². The highest BCUT2D eigenvalue weighted by atomic mass is 35.5. The number of aromatic nitrogens is 1. The predicted molar refractivity (Wildman–Crippen MR) is 70.3 cm³/mol. The fraction of sp³-hybridized carbons (Fsp3) is 0.583. The molecule has 0 saturated carbocycles. The van der Waals surface area contributed by atoms with Crippen molar-refractivity contribution in [2.24, 2.45) is 5.41 Å². The van der Waals surface area contributed by atoms with Crippen molar-refractivity contribution in [1.82, 2.24) is 4.98 Å². The lowest BCUT2D eigenvalue weighted by Crippen LogP contribution is -2.33. The van der Waals surface area contributed by atoms with Gasteiger partial charge >= 0.3 is 0 Å². The zero-order valence-corrected chi connectivity index (χ0v) is 10.8. The summed E-state index contributed by atoms with van der Waals surface area (Å²) >= 11 is 5.86. The van der Waals surface area contributed by atoms with E-state index in [1.54, 1.807) is 12.1 Å². The van der Waals surface area contributed by atoms with Crippen LogP contribution in [0.1, 0.15) is 19.8 Å². The Morgan fingerprint density at radius 2 is 2.18 bits per heavy atom. The summed E-state index contributed by atoms with van der Waals surface area (Å²) in [6.45, 7) is 4.80. The SMILES string of the molecule is CC1(CNc2cc(N)cc(Cl)n2)CCOCC1. The van der Waals surface area contributed by atoms with Gasteiger partial charge in [-0.25, -0.2) is 4.98 Å². The Bertz CT molecular complexity index is 371. The largest absolute Gasteiger partial charge is 0.399 e. The zero-order valence-electron chi connectivity index (χ0n) is 10.0. The lowest BCUT2D eigenvalue weighted by Gasteiger charge is -2.33. The third kappa shape index (κ3) is 3.48. The Balaban J connectivity index is 1.96. The molecule has 0 radical (unpaired) electrons. The Morgan fingerprint density at radius 3 is 2.82 bits per heavy atom. The molecule has 5 heteroatoms. The van der Waals surface area contributed by atoms with Gasteiger partial charge in [0.25, 0.3) is 0 Å². The molecule has 0 unspecified atom stereocenters. The molecular formula is C12H18ClN3O. The number of rotatable bonds is 3. The monoisotopic (exact) mass is 255 g/mol. The molecule has 1 saturated heterocycles. The summed E-state index contributed by atoms with van der Waals surface area (Å²) in [6, 6.07) is 3.44. The Labute approximate surface area is 107 Å². The van der Waals surface area contributed by atoms with Crippen LogP contribution in [0.2, 0.25) is 5.15 Å². The molecule has 1 fully saturated rings. The molecule has 2 heterocycles. The molecule has 0 aromatic carbocycles. The summed E-state index contributed by atoms with van der Waals surface area (Å²) < 4.78 is 5.37. The summed E-state index contributed by atoms with van der Waals surface area (Å²) in [5.74, 6) is 0.739. The van der Waals surface area contributed by atoms with Gasteiger partial charge in [0.2, 0.25) is 0 Å². The second-order valence-corrected chi connectivity index (χ2v) is 5.27. The zero-order chi connectivity index (χ0) is 12.3. The average Bonchev–Trinajstić information content (AvgIpc) is 2.26. The number of nitrogens with one attached hydrogen (secondary N) is 1. The van der Waals surface area contributed by atoms with Gasteiger partial charge in [-0.3, -0.25) is 0 Å². The van der Waals surface area contributed by atoms with Crippen LogP contribution >= 0.6 is 11.6 Å². The molecule has 94 valence electrons. The van der Waals surface area contributed by atoms with E-state index >= 15 is 0 Å². The standard InChI is InChI=1S/C12H18ClN3O/c1-12(2-4-17-5-3-12)8-15-11-7-9(14)6-10(13)16-11/h6-7H,2-5,8H2,1H3,(H3,14,15,16). The summed E-state index contributed by atoms with van der Waals surface area (Å²) in [5, 5.41) is 3.73. The maximum Gasteiger partial charge on any atom is 0.133 e. The first-order chi connectivity index (χ1) is 8.07. The normalized spacial score (nSPS) is 18.9. The van der Waals surface area contributed by atoms with E-state index in [1.807, 2.05) is 0 Å². The van der Waals surface area contributed by atoms with Crippen LogP contribution < -0.4 is 11.1 Å². The molecule has 0 atom stereocenters. The fourth-order valence-electron chi connectivity index (χ4n) is 1.95. The van der Waals surface area contributed by atoms with Gasteiger partial charge in [-0.15, -0.1) is 0 Å². The molecule has 0 amide bonds. The van der Waals surface area contributed by atoms with Crippen molar-refractivity contribution in [2.45, 2.75) is 19.8 Å². The van der Waals surface area contributed by atoms with Gasteiger partial charge in [0, 0.05) is 31.5 Å². The van der Waals surface area contributed by atoms with Gasteiger partial charge in [-0.2, -0.15) is 0 Å². The molecule has 1 aromatic rings. The van der Waals surface area contributed by atoms with E-state index in [0.717, 1.165) is 38.4 Å². The minimum absolute atomic E-state index is 0.261. The van der Waals surface area contributed by atoms with Crippen molar-refractivity contribution in [3.8, 4) is 0 Å². The van der Waals surface area contributed by atoms with E-state index in [9.17, 15) is 0 Å². The third-order valence-electron chi connectivity index (χ3n) is 3.21. The molecule has 3 N–H and O–H groups in total. The van der Waals surface area contributed by atoms with Crippen LogP contribution in [0, 0.1) is 5.41 Å². The first-order valence-corrected chi connectivity index (χ1v) is 6.20. The number of halogens is 1. The van der Waals surface area contributed by atoms with Crippen molar-refractivity contribution in [3.63, 3.8) is 0 Å². The minimum Gasteiger partial charge on any atom is -0.399 e. The van der Waals surface area contributed by atoms with Gasteiger partial charge in [-0.05, 0) is 24.3 Å². The molecule has 1 aromatic heterocycles. The predicted octanol–water partition coefficient (Wildman–Crippen LogP) is 2.55. The van der Waals surface area contributed by atoms with Crippen molar-refractivity contribution in [3.05, 3.63) is 17.3 Å². The summed E-state index contributed by atoms with van der Waals surface area (Å²) in [5.41, 5.74) is 6.61. The molecule has 1 aliphatic rings. The van der Waals surface area contributed by atoms with Gasteiger partial charge in [-0.1, -0.05) is 18.5 Å². The number of ether oxygens (including phenoxy) is 1. The van der Waals surface area contributed by atoms with Crippen LogP contribution in [0.5, 0.6) is 0 Å². The maximum atomic E-state index is 5.86. The van der Waals surface area contributed by atoms with E-state index in [1.165, 1.54) is 0 Å². The summed E-state index contributed by atoms with van der Waals surface area (Å²) in [7, 11) is 0. The molecular weight excluding hydrogens is 238 g/mol. The van der Waals surface area contributed by atoms with Crippen LogP contribution in [-0.4, -0.2) is 24.7 Å². The highest BCUT2D eigenvalue weighted by Crippen LogP contribution is 2.30. The number of nitrogens with two attached hydrogens (primary N) is 1. The second-order valence-electron chi connectivity index (χ2n) is 4.89. The third-order valence-corrected chi connectivity index (χ3v) is 3.41. The number of hydrogen-bond acceptors (Lipinski definition) is 4. The number of pyridine rings is 1. The van der Waals surface area contributed by atoms with Crippen molar-refractivity contribution in [1.29, 1.82) is 0 Å². The Morgan fingerprint density at radius 1 is 1.47 bits per heavy atom. The van der Waals surface area contributed by atoms with Crippen LogP contribution in [0.3, 0.4) is 0 Å². The highest BCUT2D eigenvalue weighted by molar-refractivity contribution is 6.29. The van der Waals surface area contributed by atoms with E-state index in [0.29, 0.717) is 10.8 Å².